The Hall–Kier alpha value is -1.99. The van der Waals surface area contributed by atoms with Gasteiger partial charge in [-0.2, -0.15) is 12.6 Å². The van der Waals surface area contributed by atoms with Crippen molar-refractivity contribution in [1.82, 2.24) is 19.5 Å². The van der Waals surface area contributed by atoms with Gasteiger partial charge in [0.1, 0.15) is 30.1 Å². The summed E-state index contributed by atoms with van der Waals surface area (Å²) < 4.78 is 7.05. The SMILES string of the molecule is C[C@H]1O[C@@H](n2cnc3c(N)ncnc32)[C@H](O)[C@@H]1O.NC(CCS)C(=O)O. The van der Waals surface area contributed by atoms with E-state index in [1.807, 2.05) is 0 Å². The predicted octanol–water partition coefficient (Wildman–Crippen LogP) is -1.23. The highest BCUT2D eigenvalue weighted by Crippen LogP contribution is 2.31. The second-order valence-electron chi connectivity index (χ2n) is 5.75. The quantitative estimate of drug-likeness (QED) is 0.348. The number of nitrogen functional groups attached to an aromatic ring is 1. The van der Waals surface area contributed by atoms with Crippen molar-refractivity contribution < 1.29 is 24.9 Å². The maximum atomic E-state index is 9.93. The number of ether oxygens (including phenoxy) is 1. The minimum Gasteiger partial charge on any atom is -0.480 e. The molecular formula is C14H22N6O5S. The maximum Gasteiger partial charge on any atom is 0.320 e. The molecule has 3 rings (SSSR count). The highest BCUT2D eigenvalue weighted by Gasteiger charge is 2.42. The fourth-order valence-electron chi connectivity index (χ4n) is 2.38. The highest BCUT2D eigenvalue weighted by atomic mass is 32.1. The number of imidazole rings is 1. The van der Waals surface area contributed by atoms with Gasteiger partial charge >= 0.3 is 5.97 Å². The number of hydrogen-bond donors (Lipinski definition) is 6. The number of nitrogens with zero attached hydrogens (tertiary/aromatic N) is 4. The van der Waals surface area contributed by atoms with Crippen LogP contribution in [-0.2, 0) is 9.53 Å². The Kier molecular flexibility index (Phi) is 6.72. The average molecular weight is 386 g/mol. The molecule has 2 aromatic heterocycles. The molecule has 1 fully saturated rings. The molecule has 0 bridgehead atoms. The number of carboxylic acids is 1. The summed E-state index contributed by atoms with van der Waals surface area (Å²) in [5, 5.41) is 27.8. The Morgan fingerprint density at radius 3 is 2.58 bits per heavy atom. The summed E-state index contributed by atoms with van der Waals surface area (Å²) in [7, 11) is 0. The van der Waals surface area contributed by atoms with Gasteiger partial charge in [-0.05, 0) is 19.1 Å². The van der Waals surface area contributed by atoms with Gasteiger partial charge in [0.25, 0.3) is 0 Å². The lowest BCUT2D eigenvalue weighted by molar-refractivity contribution is -0.138. The second-order valence-corrected chi connectivity index (χ2v) is 6.20. The number of aliphatic carboxylic acids is 1. The molecule has 0 aliphatic carbocycles. The molecule has 12 heteroatoms. The topological polar surface area (TPSA) is 183 Å². The lowest BCUT2D eigenvalue weighted by Crippen LogP contribution is -2.30. The van der Waals surface area contributed by atoms with Gasteiger partial charge in [-0.3, -0.25) is 9.36 Å². The van der Waals surface area contributed by atoms with Crippen molar-refractivity contribution in [2.75, 3.05) is 11.5 Å². The van der Waals surface area contributed by atoms with Crippen molar-refractivity contribution in [2.45, 2.75) is 43.9 Å². The molecule has 0 saturated carbocycles. The monoisotopic (exact) mass is 386 g/mol. The molecule has 1 aliphatic rings. The second kappa shape index (κ2) is 8.60. The molecular weight excluding hydrogens is 364 g/mol. The molecule has 26 heavy (non-hydrogen) atoms. The lowest BCUT2D eigenvalue weighted by Gasteiger charge is -2.16. The first-order valence-corrected chi connectivity index (χ1v) is 8.45. The first-order chi connectivity index (χ1) is 12.3. The predicted molar refractivity (Wildman–Crippen MR) is 95.4 cm³/mol. The van der Waals surface area contributed by atoms with Crippen LogP contribution >= 0.6 is 12.6 Å². The Labute approximate surface area is 154 Å². The van der Waals surface area contributed by atoms with E-state index in [0.29, 0.717) is 23.3 Å². The van der Waals surface area contributed by atoms with Gasteiger partial charge in [0.15, 0.2) is 17.7 Å². The molecule has 7 N–H and O–H groups in total. The first-order valence-electron chi connectivity index (χ1n) is 7.81. The Morgan fingerprint density at radius 2 is 2.08 bits per heavy atom. The smallest absolute Gasteiger partial charge is 0.320 e. The Morgan fingerprint density at radius 1 is 1.38 bits per heavy atom. The Bertz CT molecular complexity index is 759. The zero-order valence-electron chi connectivity index (χ0n) is 14.0. The van der Waals surface area contributed by atoms with Crippen molar-refractivity contribution in [3.05, 3.63) is 12.7 Å². The third-order valence-electron chi connectivity index (χ3n) is 3.90. The summed E-state index contributed by atoms with van der Waals surface area (Å²) in [6.45, 7) is 1.69. The normalized spacial score (nSPS) is 26.3. The van der Waals surface area contributed by atoms with Crippen LogP contribution in [0.5, 0.6) is 0 Å². The van der Waals surface area contributed by atoms with E-state index in [0.717, 1.165) is 0 Å². The lowest BCUT2D eigenvalue weighted by atomic mass is 10.1. The number of nitrogens with two attached hydrogens (primary N) is 2. The zero-order valence-corrected chi connectivity index (χ0v) is 14.9. The average Bonchev–Trinajstić information content (AvgIpc) is 3.13. The van der Waals surface area contributed by atoms with Gasteiger partial charge < -0.3 is 31.5 Å². The third-order valence-corrected chi connectivity index (χ3v) is 4.15. The molecule has 5 atom stereocenters. The van der Waals surface area contributed by atoms with E-state index < -0.39 is 36.6 Å². The van der Waals surface area contributed by atoms with Crippen LogP contribution in [0.3, 0.4) is 0 Å². The van der Waals surface area contributed by atoms with E-state index in [2.05, 4.69) is 27.6 Å². The van der Waals surface area contributed by atoms with E-state index in [-0.39, 0.29) is 5.82 Å². The largest absolute Gasteiger partial charge is 0.480 e. The minimum atomic E-state index is -1.03. The van der Waals surface area contributed by atoms with E-state index in [1.54, 1.807) is 11.5 Å². The molecule has 144 valence electrons. The number of aromatic nitrogens is 4. The minimum absolute atomic E-state index is 0.264. The molecule has 11 nitrogen and oxygen atoms in total. The Balaban J connectivity index is 0.000000260. The molecule has 0 amide bonds. The van der Waals surface area contributed by atoms with Crippen LogP contribution < -0.4 is 11.5 Å². The van der Waals surface area contributed by atoms with Gasteiger partial charge in [0.05, 0.1) is 12.4 Å². The number of rotatable bonds is 4. The summed E-state index contributed by atoms with van der Waals surface area (Å²) in [6, 6.07) is -0.743. The molecule has 3 heterocycles. The van der Waals surface area contributed by atoms with Gasteiger partial charge in [0, 0.05) is 0 Å². The summed E-state index contributed by atoms with van der Waals surface area (Å²) in [5.74, 6) is -0.174. The van der Waals surface area contributed by atoms with Gasteiger partial charge in [-0.15, -0.1) is 0 Å². The van der Waals surface area contributed by atoms with Crippen molar-refractivity contribution in [3.63, 3.8) is 0 Å². The van der Waals surface area contributed by atoms with E-state index >= 15 is 0 Å². The van der Waals surface area contributed by atoms with Crippen LogP contribution in [0.1, 0.15) is 19.6 Å². The fraction of sp³-hybridized carbons (Fsp3) is 0.571. The number of thiol groups is 1. The van der Waals surface area contributed by atoms with Crippen molar-refractivity contribution in [2.24, 2.45) is 5.73 Å². The third kappa shape index (κ3) is 4.22. The van der Waals surface area contributed by atoms with Crippen LogP contribution in [-0.4, -0.2) is 70.9 Å². The standard InChI is InChI=1S/C10H13N5O3.C4H9NO2S/c1-4-6(16)7(17)10(18-4)15-3-14-5-8(11)12-2-13-9(5)15;5-3(1-2-8)4(6)7/h2-4,6-7,10,16-17H,1H3,(H2,11,12,13);3,8H,1-2,5H2,(H,6,7)/t4-,6-,7-,10-;/m1./s1. The van der Waals surface area contributed by atoms with Crippen LogP contribution in [0.25, 0.3) is 11.2 Å². The molecule has 0 radical (unpaired) electrons. The summed E-state index contributed by atoms with van der Waals surface area (Å²) >= 11 is 3.81. The highest BCUT2D eigenvalue weighted by molar-refractivity contribution is 7.80. The molecule has 1 aliphatic heterocycles. The van der Waals surface area contributed by atoms with Gasteiger partial charge in [-0.1, -0.05) is 0 Å². The fourth-order valence-corrected chi connectivity index (χ4v) is 2.65. The number of aliphatic hydroxyl groups is 2. The van der Waals surface area contributed by atoms with Crippen LogP contribution in [0.4, 0.5) is 5.82 Å². The molecule has 0 spiro atoms. The summed E-state index contributed by atoms with van der Waals surface area (Å²) in [5.41, 5.74) is 11.7. The summed E-state index contributed by atoms with van der Waals surface area (Å²) in [4.78, 5) is 21.9. The van der Waals surface area contributed by atoms with Crippen LogP contribution in [0, 0.1) is 0 Å². The summed E-state index contributed by atoms with van der Waals surface area (Å²) in [6.07, 6.45) is 0.0558. The van der Waals surface area contributed by atoms with Crippen molar-refractivity contribution in [3.8, 4) is 0 Å². The van der Waals surface area contributed by atoms with E-state index in [1.165, 1.54) is 12.7 Å². The molecule has 1 saturated heterocycles. The van der Waals surface area contributed by atoms with Crippen molar-refractivity contribution in [1.29, 1.82) is 0 Å². The number of aliphatic hydroxyl groups excluding tert-OH is 2. The van der Waals surface area contributed by atoms with Gasteiger partial charge in [-0.25, -0.2) is 15.0 Å². The number of carbonyl (C=O) groups is 1. The molecule has 0 aromatic carbocycles. The van der Waals surface area contributed by atoms with E-state index in [4.69, 9.17) is 21.3 Å². The molecule has 1 unspecified atom stereocenters. The number of anilines is 1. The first kappa shape index (κ1) is 20.3. The van der Waals surface area contributed by atoms with Crippen LogP contribution in [0.15, 0.2) is 12.7 Å². The molecule has 2 aromatic rings. The number of hydrogen-bond acceptors (Lipinski definition) is 10. The van der Waals surface area contributed by atoms with Gasteiger partial charge in [0.2, 0.25) is 0 Å². The van der Waals surface area contributed by atoms with E-state index in [9.17, 15) is 15.0 Å². The number of fused-ring (bicyclic) bond motifs is 1. The number of carboxylic acid groups (broad SMARTS) is 1. The maximum absolute atomic E-state index is 9.93. The van der Waals surface area contributed by atoms with Crippen LogP contribution in [0.2, 0.25) is 0 Å². The van der Waals surface area contributed by atoms with Crippen molar-refractivity contribution >= 4 is 35.6 Å². The zero-order chi connectivity index (χ0) is 19.4.